The van der Waals surface area contributed by atoms with Crippen molar-refractivity contribution in [3.63, 3.8) is 0 Å². The maximum atomic E-state index is 13.6. The van der Waals surface area contributed by atoms with Crippen LogP contribution in [-0.4, -0.2) is 68.1 Å². The Morgan fingerprint density at radius 2 is 1.80 bits per heavy atom. The molecule has 3 aliphatic rings. The van der Waals surface area contributed by atoms with Crippen LogP contribution >= 0.6 is 11.6 Å². The molecule has 3 aliphatic heterocycles. The highest BCUT2D eigenvalue weighted by Crippen LogP contribution is 2.40. The van der Waals surface area contributed by atoms with Crippen molar-refractivity contribution in [2.75, 3.05) is 39.5 Å². The van der Waals surface area contributed by atoms with Gasteiger partial charge in [-0.1, -0.05) is 30.2 Å². The van der Waals surface area contributed by atoms with E-state index in [1.807, 2.05) is 30.0 Å². The Kier molecular flexibility index (Phi) is 8.69. The molecule has 0 saturated carbocycles. The molecule has 40 heavy (non-hydrogen) atoms. The molecule has 3 heterocycles. The predicted octanol–water partition coefficient (Wildman–Crippen LogP) is 3.76. The number of piperidine rings is 1. The average Bonchev–Trinajstić information content (AvgIpc) is 2.96. The van der Waals surface area contributed by atoms with Gasteiger partial charge in [-0.3, -0.25) is 14.4 Å². The van der Waals surface area contributed by atoms with Crippen molar-refractivity contribution in [2.24, 2.45) is 5.41 Å². The molecule has 1 saturated heterocycles. The molecule has 1 fully saturated rings. The zero-order valence-corrected chi connectivity index (χ0v) is 23.6. The molecule has 0 aromatic heterocycles. The van der Waals surface area contributed by atoms with Gasteiger partial charge in [0.25, 0.3) is 5.91 Å². The highest BCUT2D eigenvalue weighted by atomic mass is 35.5. The minimum absolute atomic E-state index is 0.00342. The van der Waals surface area contributed by atoms with Crippen LogP contribution in [0.3, 0.4) is 0 Å². The number of fused-ring (bicyclic) bond motifs is 2. The van der Waals surface area contributed by atoms with Crippen LogP contribution in [0.4, 0.5) is 0 Å². The van der Waals surface area contributed by atoms with Crippen LogP contribution in [0.25, 0.3) is 0 Å². The Morgan fingerprint density at radius 1 is 1.02 bits per heavy atom. The molecule has 2 N–H and O–H groups in total. The van der Waals surface area contributed by atoms with Crippen LogP contribution in [0.2, 0.25) is 5.02 Å². The van der Waals surface area contributed by atoms with Gasteiger partial charge in [-0.05, 0) is 62.4 Å². The van der Waals surface area contributed by atoms with Crippen LogP contribution in [0.5, 0.6) is 17.2 Å². The van der Waals surface area contributed by atoms with E-state index in [4.69, 9.17) is 25.8 Å². The summed E-state index contributed by atoms with van der Waals surface area (Å²) in [5, 5.41) is 6.56. The first-order chi connectivity index (χ1) is 19.3. The Labute approximate surface area is 239 Å². The summed E-state index contributed by atoms with van der Waals surface area (Å²) < 4.78 is 17.2. The number of nitrogens with one attached hydrogen (secondary N) is 2. The third-order valence-corrected chi connectivity index (χ3v) is 8.21. The van der Waals surface area contributed by atoms with Crippen molar-refractivity contribution in [2.45, 2.75) is 51.5 Å². The zero-order valence-electron chi connectivity index (χ0n) is 22.8. The normalized spacial score (nSPS) is 21.4. The van der Waals surface area contributed by atoms with Gasteiger partial charge in [-0.15, -0.1) is 0 Å². The largest absolute Gasteiger partial charge is 0.491 e. The highest BCUT2D eigenvalue weighted by molar-refractivity contribution is 6.32. The number of amides is 3. The summed E-state index contributed by atoms with van der Waals surface area (Å²) in [7, 11) is 0. The maximum absolute atomic E-state index is 13.6. The number of likely N-dealkylation sites (tertiary alicyclic amines) is 1. The number of carbonyl (C=O) groups is 3. The first-order valence-corrected chi connectivity index (χ1v) is 14.4. The third-order valence-electron chi connectivity index (χ3n) is 7.93. The van der Waals surface area contributed by atoms with E-state index in [2.05, 4.69) is 10.6 Å². The summed E-state index contributed by atoms with van der Waals surface area (Å²) in [6.45, 7) is 4.55. The summed E-state index contributed by atoms with van der Waals surface area (Å²) in [5.41, 5.74) is 0.690. The monoisotopic (exact) mass is 569 g/mol. The average molecular weight is 570 g/mol. The minimum atomic E-state index is -0.572. The standard InChI is InChI=1S/C30H36ClN3O6/c1-20-19-40-24-7-3-2-6-22(24)28(36)32-11-5-4-8-30(29(37)33-20)9-12-34(13-10-30)26(35)18-21-16-23(31)27-25(17-21)38-14-15-39-27/h2-3,6-7,16-17,20H,4-5,8-15,18-19H2,1H3,(H,32,36)(H,33,37)/t20-/m1/s1. The Morgan fingerprint density at radius 3 is 2.62 bits per heavy atom. The van der Waals surface area contributed by atoms with Gasteiger partial charge in [0, 0.05) is 19.6 Å². The van der Waals surface area contributed by atoms with Crippen LogP contribution in [0, 0.1) is 5.41 Å². The van der Waals surface area contributed by atoms with Gasteiger partial charge in [-0.25, -0.2) is 0 Å². The Balaban J connectivity index is 1.23. The molecule has 5 rings (SSSR count). The van der Waals surface area contributed by atoms with Crippen molar-refractivity contribution in [1.29, 1.82) is 0 Å². The summed E-state index contributed by atoms with van der Waals surface area (Å²) in [6, 6.07) is 10.5. The number of para-hydroxylation sites is 1. The fourth-order valence-corrected chi connectivity index (χ4v) is 5.91. The van der Waals surface area contributed by atoms with Crippen molar-refractivity contribution in [3.05, 3.63) is 52.5 Å². The SMILES string of the molecule is C[C@@H]1COc2ccccc2C(=O)NCCCCC2(CCN(C(=O)Cc3cc(Cl)c4c(c3)OCCO4)CC2)C(=O)N1. The predicted molar refractivity (Wildman–Crippen MR) is 150 cm³/mol. The second-order valence-electron chi connectivity index (χ2n) is 10.8. The Bertz CT molecular complexity index is 1260. The van der Waals surface area contributed by atoms with Crippen LogP contribution in [0.1, 0.15) is 54.9 Å². The summed E-state index contributed by atoms with van der Waals surface area (Å²) in [5.74, 6) is 1.42. The molecule has 1 atom stereocenters. The van der Waals surface area contributed by atoms with Crippen molar-refractivity contribution in [1.82, 2.24) is 15.5 Å². The van der Waals surface area contributed by atoms with Gasteiger partial charge < -0.3 is 29.7 Å². The third kappa shape index (κ3) is 6.30. The van der Waals surface area contributed by atoms with E-state index in [0.29, 0.717) is 79.9 Å². The van der Waals surface area contributed by atoms with E-state index in [1.54, 1.807) is 18.2 Å². The molecular weight excluding hydrogens is 534 g/mol. The van der Waals surface area contributed by atoms with Gasteiger partial charge in [0.15, 0.2) is 11.5 Å². The van der Waals surface area contributed by atoms with Gasteiger partial charge >= 0.3 is 0 Å². The second-order valence-corrected chi connectivity index (χ2v) is 11.2. The fraction of sp³-hybridized carbons (Fsp3) is 0.500. The molecular formula is C30H36ClN3O6. The molecule has 3 amide bonds. The number of carbonyl (C=O) groups excluding carboxylic acids is 3. The van der Waals surface area contributed by atoms with E-state index in [0.717, 1.165) is 18.4 Å². The fourth-order valence-electron chi connectivity index (χ4n) is 5.63. The molecule has 1 spiro atoms. The van der Waals surface area contributed by atoms with Crippen molar-refractivity contribution >= 4 is 29.3 Å². The van der Waals surface area contributed by atoms with Gasteiger partial charge in [-0.2, -0.15) is 0 Å². The second kappa shape index (κ2) is 12.4. The number of halogens is 1. The number of hydrogen-bond acceptors (Lipinski definition) is 6. The molecule has 2 aromatic carbocycles. The van der Waals surface area contributed by atoms with E-state index >= 15 is 0 Å². The van der Waals surface area contributed by atoms with Crippen molar-refractivity contribution < 1.29 is 28.6 Å². The quantitative estimate of drug-likeness (QED) is 0.570. The highest BCUT2D eigenvalue weighted by Gasteiger charge is 2.42. The van der Waals surface area contributed by atoms with E-state index in [1.165, 1.54) is 0 Å². The molecule has 0 unspecified atom stereocenters. The molecule has 214 valence electrons. The number of benzene rings is 2. The lowest BCUT2D eigenvalue weighted by molar-refractivity contribution is -0.141. The smallest absolute Gasteiger partial charge is 0.255 e. The first kappa shape index (κ1) is 28.1. The number of nitrogens with zero attached hydrogens (tertiary/aromatic N) is 1. The molecule has 9 nitrogen and oxygen atoms in total. The van der Waals surface area contributed by atoms with Gasteiger partial charge in [0.05, 0.1) is 28.5 Å². The van der Waals surface area contributed by atoms with Crippen molar-refractivity contribution in [3.8, 4) is 17.2 Å². The molecule has 10 heteroatoms. The maximum Gasteiger partial charge on any atom is 0.255 e. The van der Waals surface area contributed by atoms with Crippen LogP contribution in [-0.2, 0) is 16.0 Å². The van der Waals surface area contributed by atoms with Gasteiger partial charge in [0.2, 0.25) is 11.8 Å². The molecule has 2 aromatic rings. The number of rotatable bonds is 2. The summed E-state index contributed by atoms with van der Waals surface area (Å²) in [6.07, 6.45) is 3.60. The van der Waals surface area contributed by atoms with Crippen LogP contribution < -0.4 is 24.8 Å². The lowest BCUT2D eigenvalue weighted by Gasteiger charge is -2.41. The van der Waals surface area contributed by atoms with E-state index in [-0.39, 0.29) is 36.8 Å². The van der Waals surface area contributed by atoms with Gasteiger partial charge in [0.1, 0.15) is 25.6 Å². The topological polar surface area (TPSA) is 106 Å². The lowest BCUT2D eigenvalue weighted by Crippen LogP contribution is -2.52. The molecule has 0 radical (unpaired) electrons. The number of hydrogen-bond donors (Lipinski definition) is 2. The number of ether oxygens (including phenoxy) is 3. The summed E-state index contributed by atoms with van der Waals surface area (Å²) in [4.78, 5) is 41.4. The molecule has 0 bridgehead atoms. The zero-order chi connectivity index (χ0) is 28.1. The summed E-state index contributed by atoms with van der Waals surface area (Å²) >= 11 is 6.36. The first-order valence-electron chi connectivity index (χ1n) is 14.0. The van der Waals surface area contributed by atoms with E-state index < -0.39 is 5.41 Å². The minimum Gasteiger partial charge on any atom is -0.491 e. The Hall–Kier alpha value is -3.46. The van der Waals surface area contributed by atoms with E-state index in [9.17, 15) is 14.4 Å². The molecule has 0 aliphatic carbocycles. The lowest BCUT2D eigenvalue weighted by atomic mass is 9.73. The van der Waals surface area contributed by atoms with Crippen LogP contribution in [0.15, 0.2) is 36.4 Å².